The number of nitrogen functional groups attached to an aromatic ring is 1. The van der Waals surface area contributed by atoms with E-state index in [4.69, 9.17) is 17.3 Å². The van der Waals surface area contributed by atoms with E-state index in [1.54, 1.807) is 6.92 Å². The van der Waals surface area contributed by atoms with Crippen LogP contribution in [0.5, 0.6) is 0 Å². The number of rotatable bonds is 7. The third-order valence-electron chi connectivity index (χ3n) is 5.31. The minimum atomic E-state index is -0.108. The highest BCUT2D eigenvalue weighted by molar-refractivity contribution is 6.34. The second-order valence-corrected chi connectivity index (χ2v) is 7.91. The summed E-state index contributed by atoms with van der Waals surface area (Å²) in [6.45, 7) is 4.37. The Labute approximate surface area is 178 Å². The molecule has 156 valence electrons. The highest BCUT2D eigenvalue weighted by atomic mass is 35.5. The van der Waals surface area contributed by atoms with Crippen LogP contribution in [-0.2, 0) is 16.8 Å². The third-order valence-corrected chi connectivity index (χ3v) is 5.76. The summed E-state index contributed by atoms with van der Waals surface area (Å²) in [7, 11) is 0. The number of aromatic nitrogens is 5. The zero-order valence-electron chi connectivity index (χ0n) is 16.7. The maximum absolute atomic E-state index is 11.2. The predicted molar refractivity (Wildman–Crippen MR) is 112 cm³/mol. The predicted octanol–water partition coefficient (Wildman–Crippen LogP) is 1.62. The van der Waals surface area contributed by atoms with Crippen molar-refractivity contribution in [2.45, 2.75) is 38.6 Å². The Bertz CT molecular complexity index is 1170. The van der Waals surface area contributed by atoms with E-state index in [-0.39, 0.29) is 22.8 Å². The Morgan fingerprint density at radius 2 is 2.20 bits per heavy atom. The summed E-state index contributed by atoms with van der Waals surface area (Å²) in [6, 6.07) is 4.04. The molecule has 0 bridgehead atoms. The van der Waals surface area contributed by atoms with Crippen molar-refractivity contribution >= 4 is 34.8 Å². The summed E-state index contributed by atoms with van der Waals surface area (Å²) >= 11 is 6.26. The molecule has 1 aliphatic carbocycles. The molecule has 0 aliphatic heterocycles. The van der Waals surface area contributed by atoms with Crippen LogP contribution in [0.15, 0.2) is 12.3 Å². The number of carbonyl (C=O) groups excluding carboxylic acids is 1. The van der Waals surface area contributed by atoms with Gasteiger partial charge in [-0.05, 0) is 25.8 Å². The minimum absolute atomic E-state index is 0.0385. The standard InChI is InChI=1S/C19H22ClN9O/c1-11-15(20)18-25-17(14(9-21)16(22)29(18)26-11)23-7-3-13-4-8-28(27-13)19(5-6-19)10-24-12(2)30/h4,8H,3,5-7,10,22H2,1-2H3,(H,23,25)(H,24,30). The molecule has 11 heteroatoms. The van der Waals surface area contributed by atoms with Crippen molar-refractivity contribution in [2.24, 2.45) is 0 Å². The molecule has 3 aromatic rings. The lowest BCUT2D eigenvalue weighted by Crippen LogP contribution is -2.34. The van der Waals surface area contributed by atoms with E-state index in [9.17, 15) is 10.1 Å². The van der Waals surface area contributed by atoms with E-state index in [1.807, 2.05) is 16.9 Å². The number of anilines is 2. The van der Waals surface area contributed by atoms with E-state index < -0.39 is 0 Å². The number of fused-ring (bicyclic) bond motifs is 1. The quantitative estimate of drug-likeness (QED) is 0.520. The van der Waals surface area contributed by atoms with Crippen LogP contribution in [-0.4, -0.2) is 43.4 Å². The van der Waals surface area contributed by atoms with Gasteiger partial charge < -0.3 is 16.4 Å². The summed E-state index contributed by atoms with van der Waals surface area (Å²) in [5.41, 5.74) is 8.12. The summed E-state index contributed by atoms with van der Waals surface area (Å²) in [5.74, 6) is 0.523. The number of aryl methyl sites for hydroxylation is 1. The van der Waals surface area contributed by atoms with Crippen LogP contribution >= 0.6 is 11.6 Å². The number of hydrogen-bond acceptors (Lipinski definition) is 7. The number of halogens is 1. The Morgan fingerprint density at radius 3 is 2.87 bits per heavy atom. The van der Waals surface area contributed by atoms with Gasteiger partial charge in [0.25, 0.3) is 0 Å². The van der Waals surface area contributed by atoms with E-state index in [2.05, 4.69) is 31.9 Å². The van der Waals surface area contributed by atoms with Crippen LogP contribution in [0.2, 0.25) is 5.02 Å². The van der Waals surface area contributed by atoms with E-state index >= 15 is 0 Å². The van der Waals surface area contributed by atoms with Gasteiger partial charge in [0.2, 0.25) is 5.91 Å². The summed E-state index contributed by atoms with van der Waals surface area (Å²) < 4.78 is 3.32. The normalized spacial score (nSPS) is 14.5. The first kappa shape index (κ1) is 20.0. The highest BCUT2D eigenvalue weighted by Crippen LogP contribution is 2.42. The molecule has 10 nitrogen and oxygen atoms in total. The van der Waals surface area contributed by atoms with Gasteiger partial charge in [-0.25, -0.2) is 4.98 Å². The highest BCUT2D eigenvalue weighted by Gasteiger charge is 2.45. The summed E-state index contributed by atoms with van der Waals surface area (Å²) in [5, 5.41) is 24.8. The fraction of sp³-hybridized carbons (Fsp3) is 0.421. The first-order valence-electron chi connectivity index (χ1n) is 9.62. The lowest BCUT2D eigenvalue weighted by atomic mass is 10.2. The van der Waals surface area contributed by atoms with Crippen molar-refractivity contribution in [2.75, 3.05) is 24.1 Å². The number of nitrogens with zero attached hydrogens (tertiary/aromatic N) is 6. The molecule has 3 heterocycles. The van der Waals surface area contributed by atoms with Crippen LogP contribution in [0, 0.1) is 18.3 Å². The van der Waals surface area contributed by atoms with E-state index in [0.717, 1.165) is 18.5 Å². The molecule has 0 saturated heterocycles. The first-order chi connectivity index (χ1) is 14.3. The summed E-state index contributed by atoms with van der Waals surface area (Å²) in [6.07, 6.45) is 4.56. The Hall–Kier alpha value is -3.32. The van der Waals surface area contributed by atoms with Crippen molar-refractivity contribution in [3.05, 3.63) is 34.2 Å². The van der Waals surface area contributed by atoms with Crippen molar-refractivity contribution < 1.29 is 4.79 Å². The first-order valence-corrected chi connectivity index (χ1v) is 10.0. The zero-order valence-corrected chi connectivity index (χ0v) is 17.5. The van der Waals surface area contributed by atoms with Crippen LogP contribution in [0.3, 0.4) is 0 Å². The Kier molecular flexibility index (Phi) is 4.99. The Morgan fingerprint density at radius 1 is 1.43 bits per heavy atom. The van der Waals surface area contributed by atoms with E-state index in [0.29, 0.717) is 41.7 Å². The van der Waals surface area contributed by atoms with Gasteiger partial charge in [-0.15, -0.1) is 0 Å². The molecule has 3 aromatic heterocycles. The van der Waals surface area contributed by atoms with Crippen molar-refractivity contribution in [3.63, 3.8) is 0 Å². The topological polar surface area (TPSA) is 139 Å². The number of nitriles is 1. The molecule has 0 spiro atoms. The third kappa shape index (κ3) is 3.52. The molecule has 1 amide bonds. The minimum Gasteiger partial charge on any atom is -0.382 e. The summed E-state index contributed by atoms with van der Waals surface area (Å²) in [4.78, 5) is 15.7. The van der Waals surface area contributed by atoms with Crippen molar-refractivity contribution in [1.82, 2.24) is 29.7 Å². The average molecular weight is 428 g/mol. The number of nitrogens with one attached hydrogen (secondary N) is 2. The fourth-order valence-corrected chi connectivity index (χ4v) is 3.54. The number of carbonyl (C=O) groups is 1. The number of hydrogen-bond donors (Lipinski definition) is 3. The monoisotopic (exact) mass is 427 g/mol. The lowest BCUT2D eigenvalue weighted by Gasteiger charge is -2.16. The largest absolute Gasteiger partial charge is 0.382 e. The average Bonchev–Trinajstić information content (AvgIpc) is 3.26. The van der Waals surface area contributed by atoms with Gasteiger partial charge in [-0.3, -0.25) is 9.48 Å². The van der Waals surface area contributed by atoms with Gasteiger partial charge in [0.15, 0.2) is 5.65 Å². The SMILES string of the molecule is CC(=O)NCC1(n2ccc(CCNc3nc4c(Cl)c(C)nn4c(N)c3C#N)n2)CC1. The molecule has 1 fully saturated rings. The second-order valence-electron chi connectivity index (χ2n) is 7.53. The molecular formula is C19H22ClN9O. The maximum atomic E-state index is 11.2. The molecule has 0 aromatic carbocycles. The van der Waals surface area contributed by atoms with Gasteiger partial charge >= 0.3 is 0 Å². The maximum Gasteiger partial charge on any atom is 0.216 e. The second kappa shape index (κ2) is 7.50. The van der Waals surface area contributed by atoms with Gasteiger partial charge in [-0.1, -0.05) is 11.6 Å². The van der Waals surface area contributed by atoms with E-state index in [1.165, 1.54) is 11.4 Å². The van der Waals surface area contributed by atoms with Crippen LogP contribution in [0.25, 0.3) is 5.65 Å². The molecule has 0 unspecified atom stereocenters. The van der Waals surface area contributed by atoms with Crippen molar-refractivity contribution in [3.8, 4) is 6.07 Å². The molecule has 4 N–H and O–H groups in total. The lowest BCUT2D eigenvalue weighted by molar-refractivity contribution is -0.119. The van der Waals surface area contributed by atoms with Gasteiger partial charge in [0, 0.05) is 32.6 Å². The molecule has 30 heavy (non-hydrogen) atoms. The Balaban J connectivity index is 1.46. The number of nitrogens with two attached hydrogens (primary N) is 1. The molecule has 0 atom stereocenters. The van der Waals surface area contributed by atoms with Crippen LogP contribution < -0.4 is 16.4 Å². The van der Waals surface area contributed by atoms with Crippen molar-refractivity contribution in [1.29, 1.82) is 5.26 Å². The number of amides is 1. The van der Waals surface area contributed by atoms with Crippen LogP contribution in [0.1, 0.15) is 36.7 Å². The van der Waals surface area contributed by atoms with Gasteiger partial charge in [-0.2, -0.15) is 20.0 Å². The molecular weight excluding hydrogens is 406 g/mol. The molecule has 0 radical (unpaired) electrons. The van der Waals surface area contributed by atoms with Crippen LogP contribution in [0.4, 0.5) is 11.6 Å². The smallest absolute Gasteiger partial charge is 0.216 e. The molecule has 1 aliphatic rings. The molecule has 1 saturated carbocycles. The zero-order chi connectivity index (χ0) is 21.5. The van der Waals surface area contributed by atoms with Gasteiger partial charge in [0.05, 0.1) is 16.9 Å². The molecule has 4 rings (SSSR count). The fourth-order valence-electron chi connectivity index (χ4n) is 3.38. The van der Waals surface area contributed by atoms with Gasteiger partial charge in [0.1, 0.15) is 28.3 Å².